The number of fused-ring (bicyclic) bond motifs is 3. The molecule has 248 valence electrons. The molecule has 0 saturated carbocycles. The molecule has 4 heterocycles. The number of likely N-dealkylation sites (tertiary alicyclic amines) is 1. The predicted molar refractivity (Wildman–Crippen MR) is 172 cm³/mol. The molecule has 2 bridgehead atoms. The van der Waals surface area contributed by atoms with E-state index in [0.717, 1.165) is 61.6 Å². The molecule has 3 aromatic carbocycles. The van der Waals surface area contributed by atoms with Crippen LogP contribution < -0.4 is 5.14 Å². The number of halogens is 3. The van der Waals surface area contributed by atoms with E-state index < -0.39 is 43.4 Å². The number of sulfonamides is 1. The Hall–Kier alpha value is -3.74. The molecule has 3 saturated heterocycles. The van der Waals surface area contributed by atoms with Crippen molar-refractivity contribution in [3.63, 3.8) is 0 Å². The van der Waals surface area contributed by atoms with Crippen molar-refractivity contribution in [3.05, 3.63) is 95.1 Å². The highest BCUT2D eigenvalue weighted by atomic mass is 32.2. The fourth-order valence-corrected chi connectivity index (χ4v) is 9.03. The summed E-state index contributed by atoms with van der Waals surface area (Å²) in [7, 11) is -4.36. The lowest BCUT2D eigenvalue weighted by Crippen LogP contribution is -2.49. The van der Waals surface area contributed by atoms with Crippen LogP contribution in [0.4, 0.5) is 13.2 Å². The molecular formula is C35H38F3N5O3S. The van der Waals surface area contributed by atoms with Crippen LogP contribution >= 0.6 is 0 Å². The Morgan fingerprint density at radius 1 is 0.957 bits per heavy atom. The topological polar surface area (TPSA) is 102 Å². The van der Waals surface area contributed by atoms with E-state index in [4.69, 9.17) is 10.1 Å². The number of nitrogens with zero attached hydrogens (tertiary/aromatic N) is 4. The molecule has 8 nitrogen and oxygen atoms in total. The van der Waals surface area contributed by atoms with Gasteiger partial charge in [-0.3, -0.25) is 9.69 Å². The second-order valence-corrected chi connectivity index (χ2v) is 15.0. The fraction of sp³-hybridized carbons (Fsp3) is 0.429. The Kier molecular flexibility index (Phi) is 8.16. The maximum atomic E-state index is 14.7. The summed E-state index contributed by atoms with van der Waals surface area (Å²) in [5.74, 6) is -2.97. The van der Waals surface area contributed by atoms with Gasteiger partial charge in [-0.05, 0) is 106 Å². The third-order valence-electron chi connectivity index (χ3n) is 10.9. The van der Waals surface area contributed by atoms with Gasteiger partial charge in [0, 0.05) is 31.2 Å². The number of carbonyl (C=O) groups is 1. The summed E-state index contributed by atoms with van der Waals surface area (Å²) in [4.78, 5) is 21.6. The van der Waals surface area contributed by atoms with Crippen LogP contribution in [0.1, 0.15) is 72.7 Å². The van der Waals surface area contributed by atoms with E-state index in [1.54, 1.807) is 12.1 Å². The minimum Gasteiger partial charge on any atom is -0.338 e. The minimum atomic E-state index is -4.36. The van der Waals surface area contributed by atoms with Gasteiger partial charge in [0.1, 0.15) is 11.6 Å². The largest absolute Gasteiger partial charge is 0.338 e. The van der Waals surface area contributed by atoms with Gasteiger partial charge in [0.15, 0.2) is 11.6 Å². The third kappa shape index (κ3) is 5.84. The minimum absolute atomic E-state index is 0.220. The Balaban J connectivity index is 1.09. The summed E-state index contributed by atoms with van der Waals surface area (Å²) in [5.41, 5.74) is 1.95. The van der Waals surface area contributed by atoms with Gasteiger partial charge in [0.2, 0.25) is 10.0 Å². The van der Waals surface area contributed by atoms with Crippen molar-refractivity contribution in [3.8, 4) is 0 Å². The van der Waals surface area contributed by atoms with Gasteiger partial charge in [-0.2, -0.15) is 0 Å². The quantitative estimate of drug-likeness (QED) is 0.267. The first-order valence-corrected chi connectivity index (χ1v) is 17.7. The molecule has 0 radical (unpaired) electrons. The molecule has 12 heteroatoms. The predicted octanol–water partition coefficient (Wildman–Crippen LogP) is 5.84. The zero-order chi connectivity index (χ0) is 33.1. The van der Waals surface area contributed by atoms with Gasteiger partial charge in [0.25, 0.3) is 5.91 Å². The third-order valence-corrected chi connectivity index (χ3v) is 11.7. The van der Waals surface area contributed by atoms with Crippen molar-refractivity contribution in [2.45, 2.75) is 80.3 Å². The number of rotatable bonds is 7. The summed E-state index contributed by atoms with van der Waals surface area (Å²) in [6.07, 6.45) is 6.07. The summed E-state index contributed by atoms with van der Waals surface area (Å²) in [6, 6.07) is 17.4. The molecular weight excluding hydrogens is 627 g/mol. The van der Waals surface area contributed by atoms with Crippen molar-refractivity contribution < 1.29 is 26.4 Å². The van der Waals surface area contributed by atoms with Crippen molar-refractivity contribution >= 4 is 27.0 Å². The molecule has 1 aromatic heterocycles. The number of amides is 1. The van der Waals surface area contributed by atoms with Crippen LogP contribution in [0.25, 0.3) is 11.0 Å². The monoisotopic (exact) mass is 665 g/mol. The number of hydrogen-bond donors (Lipinski definition) is 1. The number of primary sulfonamides is 1. The second kappa shape index (κ2) is 12.1. The number of hydrogen-bond acceptors (Lipinski definition) is 5. The van der Waals surface area contributed by atoms with E-state index in [9.17, 15) is 26.4 Å². The van der Waals surface area contributed by atoms with E-state index in [0.29, 0.717) is 37.0 Å². The van der Waals surface area contributed by atoms with Crippen LogP contribution in [0.15, 0.2) is 65.6 Å². The van der Waals surface area contributed by atoms with Gasteiger partial charge in [0.05, 0.1) is 21.5 Å². The van der Waals surface area contributed by atoms with Gasteiger partial charge in [-0.25, -0.2) is 31.7 Å². The number of aromatic nitrogens is 2. The molecule has 2 N–H and O–H groups in total. The standard InChI is InChI=1S/C35H38F3N5O3S/c1-22-40-31-7-2-3-8-32(31)43(22)27-18-25-9-10-26(19-27)42(25)16-13-35(23-5-4-6-24(36)17-23)11-14-41(15-12-35)34(44)29-20-28(47(39,45)46)21-30(37)33(29)38/h2-8,17,20-21,25-27H,9-16,18-19H2,1H3,(H2,39,45,46). The molecule has 3 aliphatic rings. The number of imidazole rings is 1. The Bertz CT molecular complexity index is 1940. The first kappa shape index (κ1) is 31.8. The van der Waals surface area contributed by atoms with E-state index in [1.165, 1.54) is 16.5 Å². The number of nitrogens with two attached hydrogens (primary N) is 1. The molecule has 3 aliphatic heterocycles. The highest BCUT2D eigenvalue weighted by Crippen LogP contribution is 2.45. The zero-order valence-electron chi connectivity index (χ0n) is 26.2. The first-order valence-electron chi connectivity index (χ1n) is 16.2. The maximum absolute atomic E-state index is 14.7. The summed E-state index contributed by atoms with van der Waals surface area (Å²) < 4.78 is 69.7. The van der Waals surface area contributed by atoms with Crippen LogP contribution in [0, 0.1) is 24.4 Å². The Labute approximate surface area is 272 Å². The summed E-state index contributed by atoms with van der Waals surface area (Å²) in [5, 5.41) is 5.13. The van der Waals surface area contributed by atoms with Gasteiger partial charge < -0.3 is 9.47 Å². The molecule has 3 fully saturated rings. The van der Waals surface area contributed by atoms with Crippen molar-refractivity contribution in [1.82, 2.24) is 19.4 Å². The van der Waals surface area contributed by atoms with Gasteiger partial charge in [-0.15, -0.1) is 0 Å². The van der Waals surface area contributed by atoms with E-state index >= 15 is 0 Å². The smallest absolute Gasteiger partial charge is 0.256 e. The molecule has 0 aliphatic carbocycles. The normalized spacial score (nSPS) is 23.0. The molecule has 1 amide bonds. The van der Waals surface area contributed by atoms with Crippen molar-refractivity contribution in [2.75, 3.05) is 19.6 Å². The number of benzene rings is 3. The van der Waals surface area contributed by atoms with Gasteiger partial charge in [-0.1, -0.05) is 24.3 Å². The summed E-state index contributed by atoms with van der Waals surface area (Å²) >= 11 is 0. The number of carbonyl (C=O) groups excluding carboxylic acids is 1. The highest BCUT2D eigenvalue weighted by Gasteiger charge is 2.44. The van der Waals surface area contributed by atoms with E-state index in [2.05, 4.69) is 34.6 Å². The lowest BCUT2D eigenvalue weighted by atomic mass is 9.70. The number of para-hydroxylation sites is 2. The molecule has 47 heavy (non-hydrogen) atoms. The molecule has 2 unspecified atom stereocenters. The van der Waals surface area contributed by atoms with Crippen LogP contribution in [0.2, 0.25) is 0 Å². The fourth-order valence-electron chi connectivity index (χ4n) is 8.48. The second-order valence-electron chi connectivity index (χ2n) is 13.4. The van der Waals surface area contributed by atoms with E-state index in [-0.39, 0.29) is 18.9 Å². The first-order chi connectivity index (χ1) is 22.4. The maximum Gasteiger partial charge on any atom is 0.256 e. The van der Waals surface area contributed by atoms with Crippen LogP contribution in [0.5, 0.6) is 0 Å². The average molecular weight is 666 g/mol. The van der Waals surface area contributed by atoms with Gasteiger partial charge >= 0.3 is 0 Å². The highest BCUT2D eigenvalue weighted by molar-refractivity contribution is 7.89. The van der Waals surface area contributed by atoms with Crippen LogP contribution in [0.3, 0.4) is 0 Å². The van der Waals surface area contributed by atoms with Crippen molar-refractivity contribution in [1.29, 1.82) is 0 Å². The zero-order valence-corrected chi connectivity index (χ0v) is 27.0. The lowest BCUT2D eigenvalue weighted by Gasteiger charge is -2.45. The van der Waals surface area contributed by atoms with Crippen LogP contribution in [-0.4, -0.2) is 65.4 Å². The summed E-state index contributed by atoms with van der Waals surface area (Å²) in [6.45, 7) is 3.35. The molecule has 0 spiro atoms. The Morgan fingerprint density at radius 3 is 2.34 bits per heavy atom. The SMILES string of the molecule is Cc1nc2ccccc2n1C1CC2CCC(C1)N2CCC1(c2cccc(F)c2)CCN(C(=O)c2cc(S(N)(=O)=O)cc(F)c2F)CC1. The molecule has 4 aromatic rings. The number of piperidine rings is 2. The molecule has 2 atom stereocenters. The molecule has 7 rings (SSSR count). The van der Waals surface area contributed by atoms with Crippen molar-refractivity contribution in [2.24, 2.45) is 5.14 Å². The van der Waals surface area contributed by atoms with Crippen LogP contribution in [-0.2, 0) is 15.4 Å². The number of aryl methyl sites for hydroxylation is 1. The average Bonchev–Trinajstić information content (AvgIpc) is 3.50. The van der Waals surface area contributed by atoms with E-state index in [1.807, 2.05) is 12.1 Å². The lowest BCUT2D eigenvalue weighted by molar-refractivity contribution is 0.0601. The Morgan fingerprint density at radius 2 is 1.66 bits per heavy atom.